The van der Waals surface area contributed by atoms with E-state index in [0.29, 0.717) is 5.75 Å². The minimum Gasteiger partial charge on any atom is -0.496 e. The quantitative estimate of drug-likeness (QED) is 0.821. The molecule has 0 aliphatic carbocycles. The van der Waals surface area contributed by atoms with Crippen LogP contribution in [-0.2, 0) is 16.6 Å². The van der Waals surface area contributed by atoms with Crippen LogP contribution in [0.2, 0.25) is 0 Å². The topological polar surface area (TPSA) is 61.9 Å². The molecule has 1 heterocycles. The van der Waals surface area contributed by atoms with Gasteiger partial charge in [-0.3, -0.25) is 0 Å². The molecule has 7 heteroatoms. The van der Waals surface area contributed by atoms with Crippen LogP contribution >= 0.6 is 0 Å². The highest BCUT2D eigenvalue weighted by molar-refractivity contribution is 7.89. The zero-order valence-corrected chi connectivity index (χ0v) is 16.9. The molecule has 0 atom stereocenters. The highest BCUT2D eigenvalue weighted by Crippen LogP contribution is 2.22. The summed E-state index contributed by atoms with van der Waals surface area (Å²) in [5.74, 6) is 0.674. The molecule has 1 saturated heterocycles. The number of sulfonamides is 1. The van der Waals surface area contributed by atoms with E-state index in [1.807, 2.05) is 19.1 Å². The molecule has 27 heavy (non-hydrogen) atoms. The lowest BCUT2D eigenvalue weighted by molar-refractivity contribution is 0.313. The molecule has 3 rings (SSSR count). The molecule has 0 amide bonds. The van der Waals surface area contributed by atoms with Gasteiger partial charge in [0.1, 0.15) is 5.75 Å². The maximum Gasteiger partial charge on any atom is 0.240 e. The highest BCUT2D eigenvalue weighted by Gasteiger charge is 2.16. The molecular weight excluding hydrogens is 362 g/mol. The van der Waals surface area contributed by atoms with Crippen molar-refractivity contribution < 1.29 is 13.2 Å². The second-order valence-electron chi connectivity index (χ2n) is 6.91. The van der Waals surface area contributed by atoms with Crippen LogP contribution in [0.3, 0.4) is 0 Å². The van der Waals surface area contributed by atoms with Crippen LogP contribution < -0.4 is 14.4 Å². The molecule has 0 spiro atoms. The molecule has 0 bridgehead atoms. The molecule has 1 aliphatic rings. The molecule has 0 radical (unpaired) electrons. The first kappa shape index (κ1) is 19.7. The Kier molecular flexibility index (Phi) is 6.04. The summed E-state index contributed by atoms with van der Waals surface area (Å²) in [6.07, 6.45) is 0. The van der Waals surface area contributed by atoms with E-state index in [1.54, 1.807) is 25.3 Å². The molecule has 0 aromatic heterocycles. The van der Waals surface area contributed by atoms with Crippen molar-refractivity contribution in [1.82, 2.24) is 9.62 Å². The van der Waals surface area contributed by atoms with Gasteiger partial charge in [-0.1, -0.05) is 12.1 Å². The maximum atomic E-state index is 12.5. The van der Waals surface area contributed by atoms with Crippen molar-refractivity contribution in [2.24, 2.45) is 0 Å². The van der Waals surface area contributed by atoms with Crippen LogP contribution in [0.5, 0.6) is 5.75 Å². The van der Waals surface area contributed by atoms with Gasteiger partial charge in [0, 0.05) is 38.4 Å². The first-order valence-electron chi connectivity index (χ1n) is 9.06. The van der Waals surface area contributed by atoms with E-state index in [9.17, 15) is 8.42 Å². The van der Waals surface area contributed by atoms with Crippen molar-refractivity contribution in [3.8, 4) is 5.75 Å². The zero-order valence-electron chi connectivity index (χ0n) is 16.1. The number of nitrogens with zero attached hydrogens (tertiary/aromatic N) is 2. The summed E-state index contributed by atoms with van der Waals surface area (Å²) in [6, 6.07) is 12.9. The fourth-order valence-electron chi connectivity index (χ4n) is 3.17. The SMILES string of the molecule is COc1ccc(S(=O)(=O)NCc2ccc(N3CCN(C)CC3)cc2)cc1C. The molecule has 6 nitrogen and oxygen atoms in total. The molecule has 2 aromatic rings. The Morgan fingerprint density at radius 2 is 1.70 bits per heavy atom. The smallest absolute Gasteiger partial charge is 0.240 e. The number of anilines is 1. The van der Waals surface area contributed by atoms with E-state index < -0.39 is 10.0 Å². The van der Waals surface area contributed by atoms with Gasteiger partial charge in [0.05, 0.1) is 12.0 Å². The normalized spacial score (nSPS) is 15.7. The number of rotatable bonds is 6. The van der Waals surface area contributed by atoms with Gasteiger partial charge in [-0.05, 0) is 55.4 Å². The van der Waals surface area contributed by atoms with Crippen LogP contribution in [-0.4, -0.2) is 53.7 Å². The number of benzene rings is 2. The van der Waals surface area contributed by atoms with Gasteiger partial charge in [0.25, 0.3) is 0 Å². The Labute approximate surface area is 161 Å². The second kappa shape index (κ2) is 8.29. The van der Waals surface area contributed by atoms with Crippen LogP contribution in [0.1, 0.15) is 11.1 Å². The number of piperazine rings is 1. The third kappa shape index (κ3) is 4.80. The molecule has 1 aliphatic heterocycles. The average Bonchev–Trinajstić information content (AvgIpc) is 2.67. The standard InChI is InChI=1S/C20H27N3O3S/c1-16-14-19(8-9-20(16)26-3)27(24,25)21-15-17-4-6-18(7-5-17)23-12-10-22(2)11-13-23/h4-9,14,21H,10-13,15H2,1-3H3. The first-order valence-corrected chi connectivity index (χ1v) is 10.5. The van der Waals surface area contributed by atoms with E-state index in [4.69, 9.17) is 4.74 Å². The summed E-state index contributed by atoms with van der Waals surface area (Å²) >= 11 is 0. The summed E-state index contributed by atoms with van der Waals surface area (Å²) in [6.45, 7) is 6.23. The van der Waals surface area contributed by atoms with Gasteiger partial charge in [-0.15, -0.1) is 0 Å². The minimum absolute atomic E-state index is 0.245. The first-order chi connectivity index (χ1) is 12.9. The minimum atomic E-state index is -3.56. The number of likely N-dealkylation sites (N-methyl/N-ethyl adjacent to an activating group) is 1. The summed E-state index contributed by atoms with van der Waals surface area (Å²) in [7, 11) is 0.142. The molecule has 0 saturated carbocycles. The van der Waals surface area contributed by atoms with Crippen LogP contribution in [0.25, 0.3) is 0 Å². The van der Waals surface area contributed by atoms with E-state index in [2.05, 4.69) is 33.7 Å². The third-order valence-electron chi connectivity index (χ3n) is 4.95. The van der Waals surface area contributed by atoms with Gasteiger partial charge in [0.2, 0.25) is 10.0 Å². The van der Waals surface area contributed by atoms with Crippen molar-refractivity contribution in [1.29, 1.82) is 0 Å². The van der Waals surface area contributed by atoms with Crippen LogP contribution in [0.15, 0.2) is 47.4 Å². The predicted octanol–water partition coefficient (Wildman–Crippen LogP) is 2.23. The Balaban J connectivity index is 1.63. The van der Waals surface area contributed by atoms with Gasteiger partial charge < -0.3 is 14.5 Å². The number of methoxy groups -OCH3 is 1. The Morgan fingerprint density at radius 3 is 2.30 bits per heavy atom. The van der Waals surface area contributed by atoms with Crippen LogP contribution in [0.4, 0.5) is 5.69 Å². The number of ether oxygens (including phenoxy) is 1. The highest BCUT2D eigenvalue weighted by atomic mass is 32.2. The molecule has 146 valence electrons. The maximum absolute atomic E-state index is 12.5. The largest absolute Gasteiger partial charge is 0.496 e. The van der Waals surface area contributed by atoms with E-state index in [0.717, 1.165) is 37.3 Å². The molecular formula is C20H27N3O3S. The van der Waals surface area contributed by atoms with Crippen molar-refractivity contribution in [3.63, 3.8) is 0 Å². The summed E-state index contributed by atoms with van der Waals surface area (Å²) < 4.78 is 32.9. The van der Waals surface area contributed by atoms with Crippen molar-refractivity contribution in [2.75, 3.05) is 45.2 Å². The van der Waals surface area contributed by atoms with E-state index in [1.165, 1.54) is 5.69 Å². The van der Waals surface area contributed by atoms with Crippen molar-refractivity contribution >= 4 is 15.7 Å². The predicted molar refractivity (Wildman–Crippen MR) is 108 cm³/mol. The van der Waals surface area contributed by atoms with E-state index in [-0.39, 0.29) is 11.4 Å². The number of hydrogen-bond donors (Lipinski definition) is 1. The number of nitrogens with one attached hydrogen (secondary N) is 1. The molecule has 1 N–H and O–H groups in total. The lowest BCUT2D eigenvalue weighted by Crippen LogP contribution is -2.44. The summed E-state index contributed by atoms with van der Waals surface area (Å²) in [5.41, 5.74) is 2.90. The van der Waals surface area contributed by atoms with Gasteiger partial charge in [-0.2, -0.15) is 0 Å². The summed E-state index contributed by atoms with van der Waals surface area (Å²) in [5, 5.41) is 0. The van der Waals surface area contributed by atoms with Gasteiger partial charge in [0.15, 0.2) is 0 Å². The molecule has 0 unspecified atom stereocenters. The third-order valence-corrected chi connectivity index (χ3v) is 6.35. The Bertz CT molecular complexity index is 874. The molecule has 1 fully saturated rings. The lowest BCUT2D eigenvalue weighted by Gasteiger charge is -2.34. The van der Waals surface area contributed by atoms with Crippen molar-refractivity contribution in [3.05, 3.63) is 53.6 Å². The van der Waals surface area contributed by atoms with Gasteiger partial charge in [-0.25, -0.2) is 13.1 Å². The fourth-order valence-corrected chi connectivity index (χ4v) is 4.27. The lowest BCUT2D eigenvalue weighted by atomic mass is 10.2. The Morgan fingerprint density at radius 1 is 1.04 bits per heavy atom. The van der Waals surface area contributed by atoms with E-state index >= 15 is 0 Å². The number of aryl methyl sites for hydroxylation is 1. The zero-order chi connectivity index (χ0) is 19.4. The monoisotopic (exact) mass is 389 g/mol. The van der Waals surface area contributed by atoms with Crippen LogP contribution in [0, 0.1) is 6.92 Å². The van der Waals surface area contributed by atoms with Crippen molar-refractivity contribution in [2.45, 2.75) is 18.4 Å². The Hall–Kier alpha value is -2.09. The average molecular weight is 390 g/mol. The second-order valence-corrected chi connectivity index (χ2v) is 8.68. The fraction of sp³-hybridized carbons (Fsp3) is 0.400. The van der Waals surface area contributed by atoms with Gasteiger partial charge >= 0.3 is 0 Å². The number of hydrogen-bond acceptors (Lipinski definition) is 5. The summed E-state index contributed by atoms with van der Waals surface area (Å²) in [4.78, 5) is 4.92. The molecule has 2 aromatic carbocycles.